The molecule has 3 amide bonds. The van der Waals surface area contributed by atoms with Gasteiger partial charge in [-0.1, -0.05) is 6.07 Å². The summed E-state index contributed by atoms with van der Waals surface area (Å²) in [6.07, 6.45) is 0.444. The Labute approximate surface area is 176 Å². The first kappa shape index (κ1) is 21.8. The second kappa shape index (κ2) is 8.10. The van der Waals surface area contributed by atoms with Crippen LogP contribution in [0.3, 0.4) is 0 Å². The number of ether oxygens (including phenoxy) is 1. The lowest BCUT2D eigenvalue weighted by atomic mass is 10.0. The average molecular weight is 415 g/mol. The monoisotopic (exact) mass is 414 g/mol. The zero-order chi connectivity index (χ0) is 22.2. The number of nitrogens with one attached hydrogen (secondary N) is 2. The Morgan fingerprint density at radius 2 is 1.93 bits per heavy atom. The van der Waals surface area contributed by atoms with Gasteiger partial charge in [-0.25, -0.2) is 9.59 Å². The number of rotatable bonds is 7. The van der Waals surface area contributed by atoms with E-state index in [4.69, 9.17) is 4.74 Å². The van der Waals surface area contributed by atoms with Crippen molar-refractivity contribution in [2.45, 2.75) is 52.3 Å². The topological polar surface area (TPSA) is 94.7 Å². The van der Waals surface area contributed by atoms with Crippen LogP contribution >= 0.6 is 0 Å². The molecule has 2 N–H and O–H groups in total. The van der Waals surface area contributed by atoms with Gasteiger partial charge in [-0.2, -0.15) is 0 Å². The van der Waals surface area contributed by atoms with Crippen molar-refractivity contribution in [3.05, 3.63) is 35.0 Å². The molecule has 1 saturated heterocycles. The Morgan fingerprint density at radius 1 is 1.23 bits per heavy atom. The van der Waals surface area contributed by atoms with Gasteiger partial charge in [0, 0.05) is 17.4 Å². The molecule has 0 unspecified atom stereocenters. The number of hydrogen-bond acceptors (Lipinski definition) is 5. The van der Waals surface area contributed by atoms with E-state index in [1.807, 2.05) is 46.1 Å². The van der Waals surface area contributed by atoms with Crippen LogP contribution in [0.5, 0.6) is 0 Å². The maximum Gasteiger partial charge on any atom is 0.355 e. The van der Waals surface area contributed by atoms with Gasteiger partial charge in [0.2, 0.25) is 0 Å². The third-order valence-electron chi connectivity index (χ3n) is 5.11. The number of fused-ring (bicyclic) bond motifs is 1. The van der Waals surface area contributed by atoms with E-state index in [1.54, 1.807) is 13.8 Å². The van der Waals surface area contributed by atoms with Crippen LogP contribution in [-0.2, 0) is 22.5 Å². The molecule has 162 valence electrons. The van der Waals surface area contributed by atoms with Gasteiger partial charge < -0.3 is 19.9 Å². The Kier molecular flexibility index (Phi) is 5.90. The first-order valence-corrected chi connectivity index (χ1v) is 10.1. The molecular weight excluding hydrogens is 384 g/mol. The first-order valence-electron chi connectivity index (χ1n) is 10.1. The van der Waals surface area contributed by atoms with Crippen LogP contribution < -0.4 is 5.32 Å². The summed E-state index contributed by atoms with van der Waals surface area (Å²) in [5, 5.41) is 3.60. The molecule has 1 aliphatic rings. The molecule has 0 bridgehead atoms. The number of aromatic amines is 1. The third-order valence-corrected chi connectivity index (χ3v) is 5.11. The van der Waals surface area contributed by atoms with Crippen LogP contribution in [0.4, 0.5) is 4.79 Å². The van der Waals surface area contributed by atoms with E-state index in [1.165, 1.54) is 4.90 Å². The lowest BCUT2D eigenvalue weighted by Gasteiger charge is -2.16. The average Bonchev–Trinajstić information content (AvgIpc) is 3.09. The van der Waals surface area contributed by atoms with Crippen LogP contribution in [0.2, 0.25) is 0 Å². The minimum atomic E-state index is -0.903. The number of amides is 3. The summed E-state index contributed by atoms with van der Waals surface area (Å²) >= 11 is 0. The molecule has 0 spiro atoms. The molecule has 3 rings (SSSR count). The Balaban J connectivity index is 1.97. The minimum absolute atomic E-state index is 0.175. The number of urea groups is 1. The number of benzene rings is 1. The van der Waals surface area contributed by atoms with E-state index in [0.29, 0.717) is 12.1 Å². The molecule has 2 aromatic rings. The molecule has 0 saturated carbocycles. The number of carbonyl (C=O) groups excluding carboxylic acids is 3. The van der Waals surface area contributed by atoms with Gasteiger partial charge in [0.25, 0.3) is 5.91 Å². The summed E-state index contributed by atoms with van der Waals surface area (Å²) in [5.41, 5.74) is 2.07. The second-order valence-electron chi connectivity index (χ2n) is 8.81. The normalized spacial score (nSPS) is 16.1. The predicted molar refractivity (Wildman–Crippen MR) is 114 cm³/mol. The van der Waals surface area contributed by atoms with E-state index in [2.05, 4.69) is 15.2 Å². The fourth-order valence-corrected chi connectivity index (χ4v) is 3.58. The number of carbonyl (C=O) groups is 3. The van der Waals surface area contributed by atoms with E-state index in [9.17, 15) is 14.4 Å². The van der Waals surface area contributed by atoms with Crippen molar-refractivity contribution in [1.29, 1.82) is 0 Å². The molecule has 1 aromatic carbocycles. The van der Waals surface area contributed by atoms with Crippen molar-refractivity contribution in [2.24, 2.45) is 0 Å². The van der Waals surface area contributed by atoms with Crippen LogP contribution in [0.1, 0.15) is 49.3 Å². The van der Waals surface area contributed by atoms with E-state index < -0.39 is 11.6 Å². The van der Waals surface area contributed by atoms with Gasteiger partial charge in [0.05, 0.1) is 12.6 Å². The molecule has 30 heavy (non-hydrogen) atoms. The van der Waals surface area contributed by atoms with Crippen molar-refractivity contribution in [3.8, 4) is 0 Å². The molecule has 1 fully saturated rings. The van der Waals surface area contributed by atoms with Crippen LogP contribution in [0, 0.1) is 0 Å². The molecule has 0 radical (unpaired) electrons. The van der Waals surface area contributed by atoms with Gasteiger partial charge in [-0.3, -0.25) is 9.69 Å². The lowest BCUT2D eigenvalue weighted by Crippen LogP contribution is -2.40. The van der Waals surface area contributed by atoms with Gasteiger partial charge in [0.15, 0.2) is 0 Å². The number of likely N-dealkylation sites (N-methyl/N-ethyl adjacent to an activating group) is 1. The first-order chi connectivity index (χ1) is 14.0. The number of aromatic nitrogens is 1. The molecule has 0 aliphatic carbocycles. The van der Waals surface area contributed by atoms with Crippen molar-refractivity contribution in [3.63, 3.8) is 0 Å². The number of H-pyrrole nitrogens is 1. The van der Waals surface area contributed by atoms with Crippen LogP contribution in [0.25, 0.3) is 10.9 Å². The Hall–Kier alpha value is -2.87. The molecule has 2 heterocycles. The fraction of sp³-hybridized carbons (Fsp3) is 0.500. The molecule has 8 heteroatoms. The highest BCUT2D eigenvalue weighted by molar-refractivity contribution is 6.06. The number of imide groups is 1. The molecule has 8 nitrogen and oxygen atoms in total. The quantitative estimate of drug-likeness (QED) is 0.537. The number of esters is 1. The summed E-state index contributed by atoms with van der Waals surface area (Å²) in [7, 11) is 3.96. The van der Waals surface area contributed by atoms with Crippen molar-refractivity contribution in [2.75, 3.05) is 20.6 Å². The highest BCUT2D eigenvalue weighted by Gasteiger charge is 2.44. The molecular formula is C22H30N4O4. The number of nitrogens with zero attached hydrogens (tertiary/aromatic N) is 2. The van der Waals surface area contributed by atoms with Crippen molar-refractivity contribution >= 4 is 28.8 Å². The highest BCUT2D eigenvalue weighted by Crippen LogP contribution is 2.27. The largest absolute Gasteiger partial charge is 0.458 e. The Morgan fingerprint density at radius 3 is 2.50 bits per heavy atom. The standard InChI is InChI=1S/C22H30N4O4/c1-13(2)30-19(27)18-15(9-10-25(5)6)16-11-14(7-8-17(16)23-18)12-26-20(28)22(3,4)24-21(26)29/h7-8,11,13,23H,9-10,12H2,1-6H3,(H,24,29). The zero-order valence-electron chi connectivity index (χ0n) is 18.5. The van der Waals surface area contributed by atoms with Gasteiger partial charge in [-0.15, -0.1) is 0 Å². The SMILES string of the molecule is CC(C)OC(=O)c1[nH]c2ccc(CN3C(=O)NC(C)(C)C3=O)cc2c1CCN(C)C. The van der Waals surface area contributed by atoms with Gasteiger partial charge >= 0.3 is 12.0 Å². The maximum absolute atomic E-state index is 12.6. The summed E-state index contributed by atoms with van der Waals surface area (Å²) in [6, 6.07) is 5.28. The lowest BCUT2D eigenvalue weighted by molar-refractivity contribution is -0.130. The molecule has 1 aromatic heterocycles. The van der Waals surface area contributed by atoms with Crippen LogP contribution in [0.15, 0.2) is 18.2 Å². The van der Waals surface area contributed by atoms with E-state index in [0.717, 1.165) is 28.6 Å². The van der Waals surface area contributed by atoms with Crippen LogP contribution in [-0.4, -0.2) is 65.0 Å². The zero-order valence-corrected chi connectivity index (χ0v) is 18.5. The summed E-state index contributed by atoms with van der Waals surface area (Å²) < 4.78 is 5.41. The summed E-state index contributed by atoms with van der Waals surface area (Å²) in [4.78, 5) is 43.9. The fourth-order valence-electron chi connectivity index (χ4n) is 3.58. The number of hydrogen-bond donors (Lipinski definition) is 2. The minimum Gasteiger partial charge on any atom is -0.458 e. The second-order valence-corrected chi connectivity index (χ2v) is 8.81. The van der Waals surface area contributed by atoms with E-state index >= 15 is 0 Å². The maximum atomic E-state index is 12.6. The highest BCUT2D eigenvalue weighted by atomic mass is 16.5. The molecule has 1 aliphatic heterocycles. The summed E-state index contributed by atoms with van der Waals surface area (Å²) in [5.74, 6) is -0.636. The Bertz CT molecular complexity index is 990. The van der Waals surface area contributed by atoms with Crippen molar-refractivity contribution in [1.82, 2.24) is 20.1 Å². The third kappa shape index (κ3) is 4.33. The van der Waals surface area contributed by atoms with Crippen molar-refractivity contribution < 1.29 is 19.1 Å². The smallest absolute Gasteiger partial charge is 0.355 e. The molecule has 0 atom stereocenters. The van der Waals surface area contributed by atoms with E-state index in [-0.39, 0.29) is 24.5 Å². The summed E-state index contributed by atoms with van der Waals surface area (Å²) in [6.45, 7) is 7.95. The predicted octanol–water partition coefficient (Wildman–Crippen LogP) is 2.67. The van der Waals surface area contributed by atoms with Gasteiger partial charge in [0.1, 0.15) is 11.2 Å². The van der Waals surface area contributed by atoms with Gasteiger partial charge in [-0.05, 0) is 71.5 Å².